The summed E-state index contributed by atoms with van der Waals surface area (Å²) in [5, 5.41) is 0.849. The first-order valence-corrected chi connectivity index (χ1v) is 6.08. The zero-order valence-electron chi connectivity index (χ0n) is 9.91. The maximum atomic E-state index is 13.7. The predicted octanol–water partition coefficient (Wildman–Crippen LogP) is 3.62. The van der Waals surface area contributed by atoms with Gasteiger partial charge in [-0.1, -0.05) is 31.3 Å². The molecule has 0 unspecified atom stereocenters. The highest BCUT2D eigenvalue weighted by Gasteiger charge is 2.14. The third kappa shape index (κ3) is 1.78. The number of anilines is 1. The minimum Gasteiger partial charge on any atom is -0.354 e. The third-order valence-corrected chi connectivity index (χ3v) is 3.75. The summed E-state index contributed by atoms with van der Waals surface area (Å²) in [6.07, 6.45) is 0. The van der Waals surface area contributed by atoms with Crippen molar-refractivity contribution < 1.29 is 4.39 Å². The van der Waals surface area contributed by atoms with Crippen LogP contribution in [0.2, 0.25) is 0 Å². The molecule has 2 rings (SSSR count). The number of fused-ring (bicyclic) bond motifs is 1. The lowest BCUT2D eigenvalue weighted by molar-refractivity contribution is 0.640. The Morgan fingerprint density at radius 3 is 2.56 bits per heavy atom. The van der Waals surface area contributed by atoms with Gasteiger partial charge in [0, 0.05) is 14.1 Å². The summed E-state index contributed by atoms with van der Waals surface area (Å²) < 4.78 is 14.3. The van der Waals surface area contributed by atoms with Gasteiger partial charge in [-0.05, 0) is 17.5 Å². The van der Waals surface area contributed by atoms with Crippen molar-refractivity contribution in [1.29, 1.82) is 0 Å². The van der Waals surface area contributed by atoms with Gasteiger partial charge >= 0.3 is 0 Å². The van der Waals surface area contributed by atoms with Crippen LogP contribution in [0, 0.1) is 5.82 Å². The van der Waals surface area contributed by atoms with Crippen LogP contribution in [0.4, 0.5) is 9.52 Å². The molecule has 2 aromatic rings. The topological polar surface area (TPSA) is 16.1 Å². The van der Waals surface area contributed by atoms with Crippen LogP contribution >= 0.6 is 11.3 Å². The van der Waals surface area contributed by atoms with E-state index < -0.39 is 0 Å². The van der Waals surface area contributed by atoms with Gasteiger partial charge in [0.05, 0.1) is 10.2 Å². The SMILES string of the molecule is CC(C)c1ccc(F)c2sc(N(C)C)nc12. The molecule has 16 heavy (non-hydrogen) atoms. The van der Waals surface area contributed by atoms with Crippen molar-refractivity contribution in [1.82, 2.24) is 4.98 Å². The first-order chi connectivity index (χ1) is 7.50. The van der Waals surface area contributed by atoms with Crippen molar-refractivity contribution in [3.05, 3.63) is 23.5 Å². The Morgan fingerprint density at radius 1 is 1.31 bits per heavy atom. The molecule has 4 heteroatoms. The number of rotatable bonds is 2. The fraction of sp³-hybridized carbons (Fsp3) is 0.417. The molecule has 0 spiro atoms. The van der Waals surface area contributed by atoms with Crippen LogP contribution < -0.4 is 4.90 Å². The lowest BCUT2D eigenvalue weighted by atomic mass is 10.0. The first-order valence-electron chi connectivity index (χ1n) is 5.27. The van der Waals surface area contributed by atoms with E-state index in [4.69, 9.17) is 0 Å². The van der Waals surface area contributed by atoms with Crippen molar-refractivity contribution in [3.63, 3.8) is 0 Å². The van der Waals surface area contributed by atoms with Crippen LogP contribution in [0.15, 0.2) is 12.1 Å². The minimum absolute atomic E-state index is 0.176. The molecular weight excluding hydrogens is 223 g/mol. The summed E-state index contributed by atoms with van der Waals surface area (Å²) in [7, 11) is 3.84. The fourth-order valence-corrected chi connectivity index (χ4v) is 2.57. The first kappa shape index (κ1) is 11.3. The van der Waals surface area contributed by atoms with E-state index in [9.17, 15) is 4.39 Å². The number of aromatic nitrogens is 1. The lowest BCUT2D eigenvalue weighted by Gasteiger charge is -2.06. The number of thiazole rings is 1. The zero-order valence-corrected chi connectivity index (χ0v) is 10.7. The van der Waals surface area contributed by atoms with Crippen molar-refractivity contribution in [2.24, 2.45) is 0 Å². The molecule has 0 aliphatic heterocycles. The molecule has 0 amide bonds. The Hall–Kier alpha value is -1.16. The molecule has 0 bridgehead atoms. The normalized spacial score (nSPS) is 11.4. The quantitative estimate of drug-likeness (QED) is 0.794. The lowest BCUT2D eigenvalue weighted by Crippen LogP contribution is -2.07. The molecule has 86 valence electrons. The summed E-state index contributed by atoms with van der Waals surface area (Å²) in [5.74, 6) is 0.185. The fourth-order valence-electron chi connectivity index (χ4n) is 1.64. The molecule has 0 atom stereocenters. The number of hydrogen-bond donors (Lipinski definition) is 0. The van der Waals surface area contributed by atoms with Gasteiger partial charge in [0.2, 0.25) is 0 Å². The largest absolute Gasteiger partial charge is 0.354 e. The van der Waals surface area contributed by atoms with E-state index in [1.807, 2.05) is 25.1 Å². The number of nitrogens with zero attached hydrogens (tertiary/aromatic N) is 2. The summed E-state index contributed by atoms with van der Waals surface area (Å²) >= 11 is 1.40. The van der Waals surface area contributed by atoms with Crippen molar-refractivity contribution in [2.75, 3.05) is 19.0 Å². The van der Waals surface area contributed by atoms with E-state index in [1.54, 1.807) is 0 Å². The van der Waals surface area contributed by atoms with Crippen molar-refractivity contribution in [2.45, 2.75) is 19.8 Å². The van der Waals surface area contributed by atoms with Gasteiger partial charge < -0.3 is 4.90 Å². The molecule has 1 heterocycles. The molecule has 0 saturated carbocycles. The van der Waals surface area contributed by atoms with Crippen LogP contribution in [0.25, 0.3) is 10.2 Å². The Morgan fingerprint density at radius 2 is 2.00 bits per heavy atom. The molecule has 1 aromatic carbocycles. The van der Waals surface area contributed by atoms with Crippen LogP contribution in [-0.4, -0.2) is 19.1 Å². The molecule has 0 saturated heterocycles. The van der Waals surface area contributed by atoms with Gasteiger partial charge in [0.25, 0.3) is 0 Å². The monoisotopic (exact) mass is 238 g/mol. The number of hydrogen-bond acceptors (Lipinski definition) is 3. The Bertz CT molecular complexity index is 517. The van der Waals surface area contributed by atoms with Gasteiger partial charge in [-0.3, -0.25) is 0 Å². The zero-order chi connectivity index (χ0) is 11.9. The van der Waals surface area contributed by atoms with E-state index in [-0.39, 0.29) is 5.82 Å². The second-order valence-corrected chi connectivity index (χ2v) is 5.34. The summed E-state index contributed by atoms with van der Waals surface area (Å²) in [5.41, 5.74) is 1.92. The Labute approximate surface area is 98.7 Å². The van der Waals surface area contributed by atoms with Crippen LogP contribution in [-0.2, 0) is 0 Å². The summed E-state index contributed by atoms with van der Waals surface area (Å²) in [6, 6.07) is 3.37. The molecular formula is C12H15FN2S. The molecule has 0 N–H and O–H groups in total. The Balaban J connectivity index is 2.72. The molecule has 0 aliphatic carbocycles. The van der Waals surface area contributed by atoms with E-state index in [0.29, 0.717) is 10.6 Å². The highest BCUT2D eigenvalue weighted by molar-refractivity contribution is 7.22. The average Bonchev–Trinajstić information content (AvgIpc) is 2.62. The van der Waals surface area contributed by atoms with Crippen molar-refractivity contribution in [3.8, 4) is 0 Å². The third-order valence-electron chi connectivity index (χ3n) is 2.52. The molecule has 2 nitrogen and oxygen atoms in total. The van der Waals surface area contributed by atoms with Crippen molar-refractivity contribution >= 4 is 26.7 Å². The number of benzene rings is 1. The molecule has 0 radical (unpaired) electrons. The van der Waals surface area contributed by atoms with Gasteiger partial charge in [0.1, 0.15) is 5.82 Å². The molecule has 1 aromatic heterocycles. The maximum absolute atomic E-state index is 13.7. The van der Waals surface area contributed by atoms with E-state index in [0.717, 1.165) is 16.2 Å². The average molecular weight is 238 g/mol. The molecule has 0 aliphatic rings. The van der Waals surface area contributed by atoms with Crippen LogP contribution in [0.5, 0.6) is 0 Å². The van der Waals surface area contributed by atoms with Gasteiger partial charge in [-0.25, -0.2) is 9.37 Å². The Kier molecular flexibility index (Phi) is 2.84. The molecule has 0 fully saturated rings. The number of halogens is 1. The highest BCUT2D eigenvalue weighted by atomic mass is 32.1. The smallest absolute Gasteiger partial charge is 0.186 e. The van der Waals surface area contributed by atoms with Gasteiger partial charge in [-0.15, -0.1) is 0 Å². The summed E-state index contributed by atoms with van der Waals surface area (Å²) in [6.45, 7) is 4.20. The van der Waals surface area contributed by atoms with E-state index in [1.165, 1.54) is 17.4 Å². The second-order valence-electron chi connectivity index (χ2n) is 4.36. The summed E-state index contributed by atoms with van der Waals surface area (Å²) in [4.78, 5) is 6.41. The van der Waals surface area contributed by atoms with Crippen LogP contribution in [0.3, 0.4) is 0 Å². The highest BCUT2D eigenvalue weighted by Crippen LogP contribution is 2.34. The minimum atomic E-state index is -0.176. The van der Waals surface area contributed by atoms with Gasteiger partial charge in [-0.2, -0.15) is 0 Å². The van der Waals surface area contributed by atoms with Crippen LogP contribution in [0.1, 0.15) is 25.3 Å². The van der Waals surface area contributed by atoms with E-state index >= 15 is 0 Å². The standard InChI is InChI=1S/C12H15FN2S/c1-7(2)8-5-6-9(13)11-10(8)14-12(16-11)15(3)4/h5-7H,1-4H3. The predicted molar refractivity (Wildman–Crippen MR) is 68.0 cm³/mol. The van der Waals surface area contributed by atoms with Gasteiger partial charge in [0.15, 0.2) is 5.13 Å². The second kappa shape index (κ2) is 4.01. The van der Waals surface area contributed by atoms with E-state index in [2.05, 4.69) is 18.8 Å². The maximum Gasteiger partial charge on any atom is 0.186 e.